The van der Waals surface area contributed by atoms with Crippen LogP contribution >= 0.6 is 7.82 Å². The fraction of sp³-hybridized carbons (Fsp3) is 0.725. The smallest absolute Gasteiger partial charge is 0.306 e. The van der Waals surface area contributed by atoms with E-state index in [-0.39, 0.29) is 32.0 Å². The molecule has 9 nitrogen and oxygen atoms in total. The summed E-state index contributed by atoms with van der Waals surface area (Å²) < 4.78 is 34.4. The highest BCUT2D eigenvalue weighted by Gasteiger charge is 2.22. The maximum Gasteiger partial charge on any atom is 0.306 e. The first kappa shape index (κ1) is 86.4. The van der Waals surface area contributed by atoms with Gasteiger partial charge >= 0.3 is 11.9 Å². The molecule has 2 atom stereocenters. The zero-order valence-corrected chi connectivity index (χ0v) is 59.9. The molecule has 0 N–H and O–H groups in total. The van der Waals surface area contributed by atoms with Crippen molar-refractivity contribution in [2.75, 3.05) is 47.5 Å². The van der Waals surface area contributed by atoms with Crippen LogP contribution in [0.1, 0.15) is 322 Å². The van der Waals surface area contributed by atoms with E-state index < -0.39 is 26.5 Å². The lowest BCUT2D eigenvalue weighted by molar-refractivity contribution is -0.870. The average molecular weight is 1270 g/mol. The molecule has 0 amide bonds. The van der Waals surface area contributed by atoms with Crippen LogP contribution < -0.4 is 4.89 Å². The minimum absolute atomic E-state index is 0.0331. The Morgan fingerprint density at radius 1 is 0.344 bits per heavy atom. The molecule has 2 unspecified atom stereocenters. The number of allylic oxidation sites excluding steroid dienone is 20. The lowest BCUT2D eigenvalue weighted by Crippen LogP contribution is -2.37. The molecule has 0 aliphatic rings. The molecule has 0 aromatic carbocycles. The molecule has 0 radical (unpaired) electrons. The van der Waals surface area contributed by atoms with Crippen molar-refractivity contribution >= 4 is 19.8 Å². The highest BCUT2D eigenvalue weighted by atomic mass is 31.2. The Bertz CT molecular complexity index is 1940. The van der Waals surface area contributed by atoms with E-state index in [0.29, 0.717) is 17.4 Å². The summed E-state index contributed by atoms with van der Waals surface area (Å²) in [5, 5.41) is 0. The SMILES string of the molecule is CC/C=C\C/C=C\C/C=C\C/C=C\C/C=C\C/C=C\CCCCCCCCCCCCCCCCCCCCC(=O)OC(COC(=O)CCCCCCCCCCCCCCCCCC/C=C\C/C=C\C/C=C\C/C=C\CC)COP(=O)([O-])OCC[N+](C)(C)C. The monoisotopic (exact) mass is 1270 g/mol. The minimum atomic E-state index is -4.65. The van der Waals surface area contributed by atoms with Crippen molar-refractivity contribution in [2.24, 2.45) is 0 Å². The van der Waals surface area contributed by atoms with E-state index in [1.54, 1.807) is 0 Å². The summed E-state index contributed by atoms with van der Waals surface area (Å²) in [6.45, 7) is 4.05. The molecular weight excluding hydrogens is 1130 g/mol. The lowest BCUT2D eigenvalue weighted by atomic mass is 10.0. The number of rotatable bonds is 68. The van der Waals surface area contributed by atoms with Gasteiger partial charge in [0.2, 0.25) is 0 Å². The third kappa shape index (κ3) is 73.5. The van der Waals surface area contributed by atoms with Gasteiger partial charge in [-0.05, 0) is 103 Å². The molecule has 0 fully saturated rings. The molecule has 0 heterocycles. The van der Waals surface area contributed by atoms with E-state index in [0.717, 1.165) is 103 Å². The molecule has 0 aromatic heterocycles. The Morgan fingerprint density at radius 3 is 0.889 bits per heavy atom. The van der Waals surface area contributed by atoms with E-state index in [1.165, 1.54) is 186 Å². The Hall–Kier alpha value is -3.59. The van der Waals surface area contributed by atoms with E-state index >= 15 is 0 Å². The first-order chi connectivity index (χ1) is 44.0. The van der Waals surface area contributed by atoms with Gasteiger partial charge in [0.15, 0.2) is 6.10 Å². The number of nitrogens with zero attached hydrogens (tertiary/aromatic N) is 1. The standard InChI is InChI=1S/C80H140NO8P/c1-6-8-10-12-14-16-18-20-22-24-26-28-30-32-34-36-37-38-39-40-41-42-43-45-47-49-51-53-55-57-59-61-63-65-67-69-71-73-80(83)89-78(77-88-90(84,85)87-75-74-81(3,4)5)76-86-79(82)72-70-68-66-64-62-60-58-56-54-52-50-48-46-44-35-33-31-29-27-25-23-21-19-17-15-13-11-9-7-2/h8-11,14-17,20-23,26-29,32,34,37-38,78H,6-7,12-13,18-19,24-25,30-31,33,35-36,39-77H2,1-5H3/b10-8-,11-9-,16-14-,17-15-,22-20-,23-21-,28-26-,29-27-,34-32-,38-37-. The predicted octanol–water partition coefficient (Wildman–Crippen LogP) is 24.0. The van der Waals surface area contributed by atoms with Gasteiger partial charge in [-0.25, -0.2) is 0 Å². The van der Waals surface area contributed by atoms with Gasteiger partial charge in [-0.1, -0.05) is 328 Å². The van der Waals surface area contributed by atoms with Crippen LogP contribution in [0, 0.1) is 0 Å². The number of esters is 2. The van der Waals surface area contributed by atoms with Crippen LogP contribution in [-0.4, -0.2) is 70.0 Å². The number of phosphoric acid groups is 1. The average Bonchev–Trinajstić information content (AvgIpc) is 3.58. The number of unbranched alkanes of at least 4 members (excludes halogenated alkanes) is 34. The van der Waals surface area contributed by atoms with Crippen molar-refractivity contribution in [3.8, 4) is 0 Å². The second-order valence-corrected chi connectivity index (χ2v) is 27.3. The molecule has 0 spiro atoms. The fourth-order valence-corrected chi connectivity index (χ4v) is 11.1. The highest BCUT2D eigenvalue weighted by molar-refractivity contribution is 7.45. The summed E-state index contributed by atoms with van der Waals surface area (Å²) in [5.41, 5.74) is 0. The van der Waals surface area contributed by atoms with Crippen LogP contribution in [0.25, 0.3) is 0 Å². The van der Waals surface area contributed by atoms with Crippen LogP contribution in [0.4, 0.5) is 0 Å². The minimum Gasteiger partial charge on any atom is -0.756 e. The second kappa shape index (κ2) is 69.7. The van der Waals surface area contributed by atoms with Gasteiger partial charge in [0, 0.05) is 12.8 Å². The van der Waals surface area contributed by atoms with Crippen molar-refractivity contribution in [3.63, 3.8) is 0 Å². The number of hydrogen-bond acceptors (Lipinski definition) is 8. The normalized spacial score (nSPS) is 13.8. The molecular formula is C80H140NO8P. The summed E-state index contributed by atoms with van der Waals surface area (Å²) in [7, 11) is 1.17. The Kier molecular flexibility index (Phi) is 67.0. The number of hydrogen-bond donors (Lipinski definition) is 0. The van der Waals surface area contributed by atoms with Crippen LogP contribution in [0.3, 0.4) is 0 Å². The maximum atomic E-state index is 12.9. The third-order valence-corrected chi connectivity index (χ3v) is 16.9. The van der Waals surface area contributed by atoms with Crippen LogP contribution in [-0.2, 0) is 32.7 Å². The van der Waals surface area contributed by atoms with Gasteiger partial charge in [-0.15, -0.1) is 0 Å². The summed E-state index contributed by atoms with van der Waals surface area (Å²) >= 11 is 0. The Morgan fingerprint density at radius 2 is 0.600 bits per heavy atom. The van der Waals surface area contributed by atoms with E-state index in [4.69, 9.17) is 18.5 Å². The van der Waals surface area contributed by atoms with Crippen molar-refractivity contribution < 1.29 is 42.1 Å². The number of carbonyl (C=O) groups excluding carboxylic acids is 2. The summed E-state index contributed by atoms with van der Waals surface area (Å²) in [6.07, 6.45) is 100. The van der Waals surface area contributed by atoms with Gasteiger partial charge in [-0.2, -0.15) is 0 Å². The fourth-order valence-electron chi connectivity index (χ4n) is 10.4. The van der Waals surface area contributed by atoms with Gasteiger partial charge in [0.1, 0.15) is 19.8 Å². The summed E-state index contributed by atoms with van der Waals surface area (Å²) in [6, 6.07) is 0. The Labute approximate surface area is 556 Å². The molecule has 0 rings (SSSR count). The molecule has 0 bridgehead atoms. The quantitative estimate of drug-likeness (QED) is 0.0195. The van der Waals surface area contributed by atoms with Crippen molar-refractivity contribution in [1.82, 2.24) is 0 Å². The molecule has 10 heteroatoms. The highest BCUT2D eigenvalue weighted by Crippen LogP contribution is 2.38. The van der Waals surface area contributed by atoms with Crippen molar-refractivity contribution in [1.29, 1.82) is 0 Å². The molecule has 0 saturated heterocycles. The first-order valence-electron chi connectivity index (χ1n) is 37.2. The number of phosphoric ester groups is 1. The number of ether oxygens (including phenoxy) is 2. The summed E-state index contributed by atoms with van der Waals surface area (Å²) in [5.74, 6) is -0.824. The molecule has 90 heavy (non-hydrogen) atoms. The third-order valence-electron chi connectivity index (χ3n) is 16.0. The van der Waals surface area contributed by atoms with E-state index in [2.05, 4.69) is 135 Å². The van der Waals surface area contributed by atoms with Gasteiger partial charge < -0.3 is 27.9 Å². The van der Waals surface area contributed by atoms with E-state index in [1.807, 2.05) is 21.1 Å². The van der Waals surface area contributed by atoms with Gasteiger partial charge in [-0.3, -0.25) is 14.2 Å². The molecule has 0 aliphatic carbocycles. The predicted molar refractivity (Wildman–Crippen MR) is 388 cm³/mol. The molecule has 0 saturated carbocycles. The number of quaternary nitrogens is 1. The lowest BCUT2D eigenvalue weighted by Gasteiger charge is -2.28. The molecule has 0 aliphatic heterocycles. The largest absolute Gasteiger partial charge is 0.756 e. The maximum absolute atomic E-state index is 12.9. The summed E-state index contributed by atoms with van der Waals surface area (Å²) in [4.78, 5) is 38.1. The Balaban J connectivity index is 3.99. The zero-order chi connectivity index (χ0) is 65.5. The van der Waals surface area contributed by atoms with Crippen LogP contribution in [0.2, 0.25) is 0 Å². The molecule has 518 valence electrons. The van der Waals surface area contributed by atoms with Crippen LogP contribution in [0.5, 0.6) is 0 Å². The van der Waals surface area contributed by atoms with Crippen molar-refractivity contribution in [3.05, 3.63) is 122 Å². The second-order valence-electron chi connectivity index (χ2n) is 25.9. The topological polar surface area (TPSA) is 111 Å². The zero-order valence-electron chi connectivity index (χ0n) is 59.1. The van der Waals surface area contributed by atoms with E-state index in [9.17, 15) is 19.0 Å². The number of carbonyl (C=O) groups is 2. The first-order valence-corrected chi connectivity index (χ1v) is 38.7. The van der Waals surface area contributed by atoms with Gasteiger partial charge in [0.05, 0.1) is 27.7 Å². The number of likely N-dealkylation sites (N-methyl/N-ethyl adjacent to an activating group) is 1. The van der Waals surface area contributed by atoms with Crippen molar-refractivity contribution in [2.45, 2.75) is 328 Å². The van der Waals surface area contributed by atoms with Crippen LogP contribution in [0.15, 0.2) is 122 Å². The van der Waals surface area contributed by atoms with Gasteiger partial charge in [0.25, 0.3) is 7.82 Å². The molecule has 0 aromatic rings.